The predicted molar refractivity (Wildman–Crippen MR) is 73.7 cm³/mol. The third-order valence-electron chi connectivity index (χ3n) is 2.67. The van der Waals surface area contributed by atoms with Crippen LogP contribution in [0.15, 0.2) is 28.7 Å². The molecule has 2 atom stereocenters. The lowest BCUT2D eigenvalue weighted by Crippen LogP contribution is -2.39. The van der Waals surface area contributed by atoms with Crippen LogP contribution in [0.5, 0.6) is 0 Å². The number of halogens is 1. The van der Waals surface area contributed by atoms with E-state index in [2.05, 4.69) is 27.3 Å². The maximum absolute atomic E-state index is 11.7. The fraction of sp³-hybridized carbons (Fsp3) is 0.462. The first-order valence-electron chi connectivity index (χ1n) is 5.78. The second-order valence-corrected chi connectivity index (χ2v) is 5.20. The van der Waals surface area contributed by atoms with Crippen molar-refractivity contribution < 1.29 is 4.79 Å². The Labute approximate surface area is 111 Å². The smallest absolute Gasteiger partial charge is 0.224 e. The average Bonchev–Trinajstić information content (AvgIpc) is 2.31. The molecule has 1 aromatic carbocycles. The van der Waals surface area contributed by atoms with Gasteiger partial charge in [0.2, 0.25) is 5.91 Å². The quantitative estimate of drug-likeness (QED) is 0.874. The lowest BCUT2D eigenvalue weighted by atomic mass is 10.1. The molecule has 0 aromatic heterocycles. The number of carbonyl (C=O) groups excluding carboxylic acids is 1. The van der Waals surface area contributed by atoms with Gasteiger partial charge in [-0.3, -0.25) is 4.79 Å². The van der Waals surface area contributed by atoms with Crippen LogP contribution in [-0.4, -0.2) is 18.5 Å². The molecular formula is C13H19BrN2O. The summed E-state index contributed by atoms with van der Waals surface area (Å²) in [4.78, 5) is 11.7. The second kappa shape index (κ2) is 6.77. The van der Waals surface area contributed by atoms with Gasteiger partial charge in [-0.15, -0.1) is 0 Å². The number of hydrogen-bond donors (Lipinski definition) is 2. The van der Waals surface area contributed by atoms with Crippen LogP contribution in [0, 0.1) is 5.92 Å². The molecule has 0 saturated carbocycles. The van der Waals surface area contributed by atoms with Crippen LogP contribution in [0.25, 0.3) is 0 Å². The molecule has 0 bridgehead atoms. The Hall–Kier alpha value is -0.870. The largest absolute Gasteiger partial charge is 0.353 e. The number of nitrogens with two attached hydrogens (primary N) is 1. The fourth-order valence-electron chi connectivity index (χ4n) is 1.54. The standard InChI is InChI=1S/C13H19BrN2O/c1-9(8-15)13(17)16-10(2)7-11-5-3-4-6-12(11)14/h3-6,9-10H,7-8,15H2,1-2H3,(H,16,17). The van der Waals surface area contributed by atoms with Gasteiger partial charge in [-0.2, -0.15) is 0 Å². The molecule has 0 saturated heterocycles. The summed E-state index contributed by atoms with van der Waals surface area (Å²) in [6, 6.07) is 8.14. The molecule has 0 aliphatic carbocycles. The molecule has 3 nitrogen and oxygen atoms in total. The maximum Gasteiger partial charge on any atom is 0.224 e. The molecule has 2 unspecified atom stereocenters. The van der Waals surface area contributed by atoms with Gasteiger partial charge in [0.15, 0.2) is 0 Å². The van der Waals surface area contributed by atoms with Crippen molar-refractivity contribution in [3.63, 3.8) is 0 Å². The van der Waals surface area contributed by atoms with Gasteiger partial charge in [-0.1, -0.05) is 41.1 Å². The van der Waals surface area contributed by atoms with Crippen LogP contribution in [0.2, 0.25) is 0 Å². The molecule has 17 heavy (non-hydrogen) atoms. The molecule has 0 aliphatic rings. The van der Waals surface area contributed by atoms with Crippen LogP contribution < -0.4 is 11.1 Å². The monoisotopic (exact) mass is 298 g/mol. The Morgan fingerprint density at radius 2 is 2.06 bits per heavy atom. The highest BCUT2D eigenvalue weighted by atomic mass is 79.9. The zero-order chi connectivity index (χ0) is 12.8. The van der Waals surface area contributed by atoms with Crippen molar-refractivity contribution >= 4 is 21.8 Å². The molecule has 0 heterocycles. The van der Waals surface area contributed by atoms with Crippen molar-refractivity contribution in [3.05, 3.63) is 34.3 Å². The molecule has 1 amide bonds. The van der Waals surface area contributed by atoms with Gasteiger partial charge in [0.1, 0.15) is 0 Å². The molecule has 0 fully saturated rings. The number of amides is 1. The first kappa shape index (κ1) is 14.2. The Balaban J connectivity index is 2.53. The summed E-state index contributed by atoms with van der Waals surface area (Å²) in [5, 5.41) is 2.97. The van der Waals surface area contributed by atoms with Crippen molar-refractivity contribution in [2.45, 2.75) is 26.3 Å². The summed E-state index contributed by atoms with van der Waals surface area (Å²) in [5.74, 6) is -0.108. The van der Waals surface area contributed by atoms with Crippen molar-refractivity contribution in [3.8, 4) is 0 Å². The minimum absolute atomic E-state index is 0.0204. The summed E-state index contributed by atoms with van der Waals surface area (Å²) in [7, 11) is 0. The number of rotatable bonds is 5. The van der Waals surface area contributed by atoms with Crippen molar-refractivity contribution in [1.29, 1.82) is 0 Å². The van der Waals surface area contributed by atoms with E-state index in [0.29, 0.717) is 6.54 Å². The molecule has 0 spiro atoms. The first-order valence-corrected chi connectivity index (χ1v) is 6.57. The van der Waals surface area contributed by atoms with Crippen LogP contribution >= 0.6 is 15.9 Å². The Morgan fingerprint density at radius 3 is 2.65 bits per heavy atom. The van der Waals surface area contributed by atoms with E-state index in [1.54, 1.807) is 0 Å². The van der Waals surface area contributed by atoms with E-state index in [-0.39, 0.29) is 17.9 Å². The van der Waals surface area contributed by atoms with E-state index in [1.165, 1.54) is 5.56 Å². The molecule has 0 aliphatic heterocycles. The normalized spacial score (nSPS) is 14.1. The summed E-state index contributed by atoms with van der Waals surface area (Å²) in [5.41, 5.74) is 6.65. The summed E-state index contributed by atoms with van der Waals surface area (Å²) >= 11 is 3.50. The van der Waals surface area contributed by atoms with Crippen LogP contribution in [0.3, 0.4) is 0 Å². The van der Waals surface area contributed by atoms with Crippen LogP contribution in [-0.2, 0) is 11.2 Å². The van der Waals surface area contributed by atoms with Crippen molar-refractivity contribution in [1.82, 2.24) is 5.32 Å². The zero-order valence-electron chi connectivity index (χ0n) is 10.2. The highest BCUT2D eigenvalue weighted by Gasteiger charge is 2.14. The number of benzene rings is 1. The summed E-state index contributed by atoms with van der Waals surface area (Å²) in [6.07, 6.45) is 0.810. The second-order valence-electron chi connectivity index (χ2n) is 4.34. The lowest BCUT2D eigenvalue weighted by molar-refractivity contribution is -0.124. The number of carbonyl (C=O) groups is 1. The topological polar surface area (TPSA) is 55.1 Å². The highest BCUT2D eigenvalue weighted by molar-refractivity contribution is 9.10. The Bertz CT molecular complexity index is 381. The van der Waals surface area contributed by atoms with Crippen molar-refractivity contribution in [2.75, 3.05) is 6.54 Å². The molecule has 0 radical (unpaired) electrons. The van der Waals surface area contributed by atoms with Crippen LogP contribution in [0.1, 0.15) is 19.4 Å². The van der Waals surface area contributed by atoms with Gasteiger partial charge >= 0.3 is 0 Å². The van der Waals surface area contributed by atoms with E-state index in [4.69, 9.17) is 5.73 Å². The van der Waals surface area contributed by atoms with Crippen molar-refractivity contribution in [2.24, 2.45) is 11.7 Å². The van der Waals surface area contributed by atoms with Gasteiger partial charge in [0.05, 0.1) is 0 Å². The Kier molecular flexibility index (Phi) is 5.65. The number of hydrogen-bond acceptors (Lipinski definition) is 2. The van der Waals surface area contributed by atoms with E-state index >= 15 is 0 Å². The van der Waals surface area contributed by atoms with E-state index in [0.717, 1.165) is 10.9 Å². The van der Waals surface area contributed by atoms with E-state index in [1.807, 2.05) is 32.0 Å². The molecule has 4 heteroatoms. The van der Waals surface area contributed by atoms with Gasteiger partial charge < -0.3 is 11.1 Å². The van der Waals surface area contributed by atoms with Gasteiger partial charge in [0.25, 0.3) is 0 Å². The summed E-state index contributed by atoms with van der Waals surface area (Å²) < 4.78 is 1.08. The maximum atomic E-state index is 11.7. The first-order chi connectivity index (χ1) is 8.04. The third-order valence-corrected chi connectivity index (χ3v) is 3.45. The molecule has 1 aromatic rings. The molecular weight excluding hydrogens is 280 g/mol. The number of nitrogens with one attached hydrogen (secondary N) is 1. The molecule has 1 rings (SSSR count). The van der Waals surface area contributed by atoms with Gasteiger partial charge in [-0.05, 0) is 25.0 Å². The summed E-state index contributed by atoms with van der Waals surface area (Å²) in [6.45, 7) is 4.22. The SMILES string of the molecule is CC(Cc1ccccc1Br)NC(=O)C(C)CN. The third kappa shape index (κ3) is 4.48. The van der Waals surface area contributed by atoms with E-state index < -0.39 is 0 Å². The zero-order valence-corrected chi connectivity index (χ0v) is 11.8. The minimum Gasteiger partial charge on any atom is -0.353 e. The van der Waals surface area contributed by atoms with Crippen LogP contribution in [0.4, 0.5) is 0 Å². The van der Waals surface area contributed by atoms with Gasteiger partial charge in [0, 0.05) is 23.0 Å². The molecule has 94 valence electrons. The van der Waals surface area contributed by atoms with Gasteiger partial charge in [-0.25, -0.2) is 0 Å². The minimum atomic E-state index is -0.128. The fourth-order valence-corrected chi connectivity index (χ4v) is 1.98. The Morgan fingerprint density at radius 1 is 1.41 bits per heavy atom. The average molecular weight is 299 g/mol. The highest BCUT2D eigenvalue weighted by Crippen LogP contribution is 2.17. The lowest BCUT2D eigenvalue weighted by Gasteiger charge is -2.17. The molecule has 3 N–H and O–H groups in total. The predicted octanol–water partition coefficient (Wildman–Crippen LogP) is 2.09. The van der Waals surface area contributed by atoms with E-state index in [9.17, 15) is 4.79 Å².